The van der Waals surface area contributed by atoms with Gasteiger partial charge in [-0.15, -0.1) is 6.58 Å². The summed E-state index contributed by atoms with van der Waals surface area (Å²) < 4.78 is 12.1. The van der Waals surface area contributed by atoms with E-state index in [4.69, 9.17) is 0 Å². The number of halogens is 1. The Morgan fingerprint density at radius 1 is 1.15 bits per heavy atom. The summed E-state index contributed by atoms with van der Waals surface area (Å²) in [5.74, 6) is 1.09. The van der Waals surface area contributed by atoms with Crippen LogP contribution in [0.1, 0.15) is 73.7 Å². The third-order valence-corrected chi connectivity index (χ3v) is 5.72. The molecule has 0 saturated heterocycles. The molecule has 0 heterocycles. The van der Waals surface area contributed by atoms with Crippen molar-refractivity contribution in [2.24, 2.45) is 11.8 Å². The fraction of sp³-hybridized carbons (Fsp3) is 0.467. The van der Waals surface area contributed by atoms with Gasteiger partial charge in [0.1, 0.15) is 11.4 Å². The maximum Gasteiger partial charge on any atom is 0.123 e. The molecule has 0 aliphatic heterocycles. The predicted molar refractivity (Wildman–Crippen MR) is 146 cm³/mol. The normalized spacial score (nSPS) is 15.8. The summed E-state index contributed by atoms with van der Waals surface area (Å²) in [6.45, 7) is 23.2. The molecule has 1 unspecified atom stereocenters. The summed E-state index contributed by atoms with van der Waals surface area (Å²) >= 11 is 0. The molecule has 3 heteroatoms. The van der Waals surface area contributed by atoms with Crippen LogP contribution in [0.5, 0.6) is 0 Å². The highest BCUT2D eigenvalue weighted by Gasteiger charge is 2.25. The van der Waals surface area contributed by atoms with E-state index in [0.29, 0.717) is 11.8 Å². The highest BCUT2D eigenvalue weighted by Crippen LogP contribution is 2.33. The number of aliphatic hydroxyl groups is 1. The minimum Gasteiger partial charge on any atom is -0.412 e. The van der Waals surface area contributed by atoms with Crippen LogP contribution >= 0.6 is 0 Å². The average Bonchev–Trinajstić information content (AvgIpc) is 2.76. The predicted octanol–water partition coefficient (Wildman–Crippen LogP) is 8.34. The molecule has 0 spiro atoms. The lowest BCUT2D eigenvalue weighted by molar-refractivity contribution is 0.142. The number of allylic oxidation sites excluding steroid dienone is 4. The van der Waals surface area contributed by atoms with E-state index in [-0.39, 0.29) is 12.7 Å². The van der Waals surface area contributed by atoms with E-state index >= 15 is 0 Å². The Balaban J connectivity index is -0.000000531. The van der Waals surface area contributed by atoms with Crippen LogP contribution in [0.4, 0.5) is 4.39 Å². The molecule has 2 nitrogen and oxygen atoms in total. The van der Waals surface area contributed by atoms with Crippen molar-refractivity contribution in [1.82, 2.24) is 0 Å². The maximum absolute atomic E-state index is 12.1. The van der Waals surface area contributed by atoms with Gasteiger partial charge in [-0.3, -0.25) is 0 Å². The van der Waals surface area contributed by atoms with E-state index in [1.165, 1.54) is 49.8 Å². The molecule has 0 radical (unpaired) electrons. The molecule has 1 aromatic rings. The van der Waals surface area contributed by atoms with Gasteiger partial charge in [0.15, 0.2) is 0 Å². The zero-order valence-electron chi connectivity index (χ0n) is 21.8. The molecule has 0 bridgehead atoms. The van der Waals surface area contributed by atoms with Gasteiger partial charge in [-0.25, -0.2) is 4.39 Å². The lowest BCUT2D eigenvalue weighted by atomic mass is 9.81. The molecule has 188 valence electrons. The van der Waals surface area contributed by atoms with Crippen molar-refractivity contribution < 1.29 is 16.4 Å². The standard InChI is InChI=1S/C18H28O.C7H7F.C5H10.H2O.H2/c1-6-10-17(16-11-8-7-9-12-16)13-15(4)18(5,19)14(2)3;1-6-2-4-7(8)5-3-6;1-4-5(2)3;;/h6,10,13,16,19H,2,4,7-9,11-12H2,1,3,5H3;2-5H,1H3;4-5H,1H2,2-3H3;1H2;1H/b10-6-,17-13+;;;;. The van der Waals surface area contributed by atoms with E-state index in [2.05, 4.69) is 51.8 Å². The number of rotatable bonds is 6. The Morgan fingerprint density at radius 3 is 2.00 bits per heavy atom. The van der Waals surface area contributed by atoms with Gasteiger partial charge in [-0.2, -0.15) is 0 Å². The van der Waals surface area contributed by atoms with Crippen molar-refractivity contribution in [3.05, 3.63) is 96.4 Å². The third-order valence-electron chi connectivity index (χ3n) is 5.72. The maximum atomic E-state index is 12.1. The SMILES string of the molecule is C=C(C)C(C)(O)C(=C)/C=C(\C=C/C)C1CCCCC1.C=CC(C)C.Cc1ccc(F)cc1.O.[HH]. The van der Waals surface area contributed by atoms with Gasteiger partial charge in [-0.05, 0) is 81.2 Å². The van der Waals surface area contributed by atoms with Crippen LogP contribution in [0, 0.1) is 24.6 Å². The molecule has 1 aliphatic rings. The van der Waals surface area contributed by atoms with E-state index in [1.807, 2.05) is 26.8 Å². The first kappa shape index (κ1) is 32.9. The van der Waals surface area contributed by atoms with Crippen LogP contribution in [0.15, 0.2) is 85.0 Å². The van der Waals surface area contributed by atoms with Crippen LogP contribution in [-0.2, 0) is 0 Å². The van der Waals surface area contributed by atoms with Gasteiger partial charge < -0.3 is 10.6 Å². The smallest absolute Gasteiger partial charge is 0.123 e. The zero-order chi connectivity index (χ0) is 24.7. The lowest BCUT2D eigenvalue weighted by Crippen LogP contribution is -2.27. The monoisotopic (exact) mass is 460 g/mol. The summed E-state index contributed by atoms with van der Waals surface area (Å²) in [4.78, 5) is 0. The Kier molecular flexibility index (Phi) is 17.2. The third kappa shape index (κ3) is 13.8. The van der Waals surface area contributed by atoms with E-state index < -0.39 is 5.60 Å². The number of benzene rings is 1. The molecular formula is C30H49FO2. The quantitative estimate of drug-likeness (QED) is 0.336. The molecule has 1 fully saturated rings. The van der Waals surface area contributed by atoms with Crippen molar-refractivity contribution in [1.29, 1.82) is 0 Å². The highest BCUT2D eigenvalue weighted by molar-refractivity contribution is 5.39. The second kappa shape index (κ2) is 17.3. The van der Waals surface area contributed by atoms with Gasteiger partial charge in [0.05, 0.1) is 0 Å². The lowest BCUT2D eigenvalue weighted by Gasteiger charge is -2.27. The average molecular weight is 461 g/mol. The number of hydrogen-bond acceptors (Lipinski definition) is 1. The number of aryl methyl sites for hydroxylation is 1. The first-order valence-corrected chi connectivity index (χ1v) is 11.7. The molecule has 33 heavy (non-hydrogen) atoms. The van der Waals surface area contributed by atoms with Crippen molar-refractivity contribution in [2.75, 3.05) is 0 Å². The zero-order valence-corrected chi connectivity index (χ0v) is 21.8. The summed E-state index contributed by atoms with van der Waals surface area (Å²) in [7, 11) is 0. The van der Waals surface area contributed by atoms with Crippen LogP contribution in [0.25, 0.3) is 0 Å². The second-order valence-electron chi connectivity index (χ2n) is 9.13. The molecule has 1 saturated carbocycles. The number of hydrogen-bond donors (Lipinski definition) is 1. The van der Waals surface area contributed by atoms with Gasteiger partial charge in [-0.1, -0.05) is 88.3 Å². The van der Waals surface area contributed by atoms with Crippen molar-refractivity contribution in [2.45, 2.75) is 79.2 Å². The van der Waals surface area contributed by atoms with Crippen LogP contribution in [0.2, 0.25) is 0 Å². The van der Waals surface area contributed by atoms with Crippen molar-refractivity contribution in [3.8, 4) is 0 Å². The van der Waals surface area contributed by atoms with Crippen LogP contribution in [-0.4, -0.2) is 16.2 Å². The fourth-order valence-electron chi connectivity index (χ4n) is 3.08. The molecule has 2 rings (SSSR count). The molecule has 1 atom stereocenters. The van der Waals surface area contributed by atoms with Gasteiger partial charge in [0, 0.05) is 1.43 Å². The molecule has 3 N–H and O–H groups in total. The molecule has 0 aromatic heterocycles. The van der Waals surface area contributed by atoms with Crippen LogP contribution in [0.3, 0.4) is 0 Å². The summed E-state index contributed by atoms with van der Waals surface area (Å²) in [6, 6.07) is 6.40. The summed E-state index contributed by atoms with van der Waals surface area (Å²) in [5, 5.41) is 10.4. The summed E-state index contributed by atoms with van der Waals surface area (Å²) in [6.07, 6.45) is 14.7. The largest absolute Gasteiger partial charge is 0.412 e. The Bertz CT molecular complexity index is 746. The highest BCUT2D eigenvalue weighted by atomic mass is 19.1. The van der Waals surface area contributed by atoms with Crippen molar-refractivity contribution >= 4 is 0 Å². The second-order valence-corrected chi connectivity index (χ2v) is 9.13. The fourth-order valence-corrected chi connectivity index (χ4v) is 3.08. The van der Waals surface area contributed by atoms with E-state index in [1.54, 1.807) is 19.1 Å². The molecule has 1 aromatic carbocycles. The van der Waals surface area contributed by atoms with Crippen molar-refractivity contribution in [3.63, 3.8) is 0 Å². The first-order chi connectivity index (χ1) is 14.9. The van der Waals surface area contributed by atoms with Gasteiger partial charge in [0.2, 0.25) is 0 Å². The van der Waals surface area contributed by atoms with E-state index in [0.717, 1.165) is 16.7 Å². The van der Waals surface area contributed by atoms with E-state index in [9.17, 15) is 9.50 Å². The Hall–Kier alpha value is -2.23. The van der Waals surface area contributed by atoms with Gasteiger partial charge in [0.25, 0.3) is 0 Å². The van der Waals surface area contributed by atoms with Gasteiger partial charge >= 0.3 is 0 Å². The topological polar surface area (TPSA) is 51.7 Å². The Labute approximate surface area is 204 Å². The molecule has 1 aliphatic carbocycles. The molecular weight excluding hydrogens is 411 g/mol. The Morgan fingerprint density at radius 2 is 1.64 bits per heavy atom. The van der Waals surface area contributed by atoms with Crippen LogP contribution < -0.4 is 0 Å². The first-order valence-electron chi connectivity index (χ1n) is 11.7. The molecule has 0 amide bonds. The summed E-state index contributed by atoms with van der Waals surface area (Å²) in [5.41, 5.74) is 2.85. The minimum absolute atomic E-state index is 0. The minimum atomic E-state index is -1.01.